The van der Waals surface area contributed by atoms with Crippen molar-refractivity contribution in [3.8, 4) is 11.5 Å². The number of ether oxygens (including phenoxy) is 3. The van der Waals surface area contributed by atoms with E-state index in [1.807, 2.05) is 31.2 Å². The molecule has 3 aromatic rings. The van der Waals surface area contributed by atoms with Gasteiger partial charge in [0.25, 0.3) is 5.91 Å². The van der Waals surface area contributed by atoms with Gasteiger partial charge in [0, 0.05) is 11.3 Å². The summed E-state index contributed by atoms with van der Waals surface area (Å²) in [7, 11) is 0. The Kier molecular flexibility index (Phi) is 11.0. The van der Waals surface area contributed by atoms with Crippen molar-refractivity contribution >= 4 is 58.6 Å². The standard InChI is InChI=1S/C31H30Cl2N4O5S/c1-4-40-30(39)27-19(3)35-31(43)36-28(27)22-10-5-6-11-25(22)41-17-26(38)37-34-15-21-13-23(32)29(24(33)14-21)42-16-20-9-7-8-18(2)12-20/h5-15,28H,4,16-17H2,1-3H3,(H,37,38)(H2,35,36,43)/t28-/m0/s1. The molecule has 9 nitrogen and oxygen atoms in total. The Bertz CT molecular complexity index is 1570. The summed E-state index contributed by atoms with van der Waals surface area (Å²) in [6, 6.07) is 17.6. The van der Waals surface area contributed by atoms with Crippen molar-refractivity contribution in [3.63, 3.8) is 0 Å². The molecule has 43 heavy (non-hydrogen) atoms. The number of hydrazone groups is 1. The van der Waals surface area contributed by atoms with E-state index < -0.39 is 17.9 Å². The lowest BCUT2D eigenvalue weighted by Crippen LogP contribution is -2.45. The molecular weight excluding hydrogens is 611 g/mol. The van der Waals surface area contributed by atoms with E-state index in [0.29, 0.717) is 55.7 Å². The second kappa shape index (κ2) is 14.9. The molecule has 0 fully saturated rings. The third kappa shape index (κ3) is 8.47. The fourth-order valence-electron chi connectivity index (χ4n) is 4.36. The fraction of sp³-hybridized carbons (Fsp3) is 0.226. The molecule has 1 heterocycles. The molecule has 12 heteroatoms. The van der Waals surface area contributed by atoms with E-state index in [4.69, 9.17) is 49.6 Å². The van der Waals surface area contributed by atoms with Crippen LogP contribution in [-0.4, -0.2) is 36.4 Å². The smallest absolute Gasteiger partial charge is 0.338 e. The number of hydrogen-bond donors (Lipinski definition) is 3. The van der Waals surface area contributed by atoms with Crippen LogP contribution in [0.1, 0.15) is 42.1 Å². The van der Waals surface area contributed by atoms with Crippen LogP contribution in [0.2, 0.25) is 10.0 Å². The number of esters is 1. The van der Waals surface area contributed by atoms with E-state index in [1.165, 1.54) is 6.21 Å². The topological polar surface area (TPSA) is 110 Å². The molecule has 0 saturated carbocycles. The van der Waals surface area contributed by atoms with Crippen LogP contribution in [0.3, 0.4) is 0 Å². The van der Waals surface area contributed by atoms with Gasteiger partial charge in [-0.2, -0.15) is 5.10 Å². The Balaban J connectivity index is 1.38. The Morgan fingerprint density at radius 1 is 1.05 bits per heavy atom. The van der Waals surface area contributed by atoms with Crippen LogP contribution in [0.25, 0.3) is 0 Å². The maximum atomic E-state index is 12.7. The van der Waals surface area contributed by atoms with Gasteiger partial charge in [-0.25, -0.2) is 10.2 Å². The number of nitrogens with zero attached hydrogens (tertiary/aromatic N) is 1. The van der Waals surface area contributed by atoms with Gasteiger partial charge in [-0.05, 0) is 62.3 Å². The molecule has 3 aromatic carbocycles. The molecule has 0 spiro atoms. The number of rotatable bonds is 11. The van der Waals surface area contributed by atoms with Crippen molar-refractivity contribution in [1.82, 2.24) is 16.1 Å². The van der Waals surface area contributed by atoms with Gasteiger partial charge in [0.1, 0.15) is 12.4 Å². The minimum atomic E-state index is -0.636. The second-order valence-electron chi connectivity index (χ2n) is 9.50. The molecule has 0 radical (unpaired) electrons. The highest BCUT2D eigenvalue weighted by molar-refractivity contribution is 7.80. The number of para-hydroxylation sites is 1. The first-order valence-electron chi connectivity index (χ1n) is 13.3. The highest BCUT2D eigenvalue weighted by atomic mass is 35.5. The Morgan fingerprint density at radius 2 is 1.79 bits per heavy atom. The lowest BCUT2D eigenvalue weighted by atomic mass is 9.95. The predicted molar refractivity (Wildman–Crippen MR) is 171 cm³/mol. The molecule has 1 aliphatic rings. The summed E-state index contributed by atoms with van der Waals surface area (Å²) in [5.74, 6) is -0.246. The first kappa shape index (κ1) is 31.8. The fourth-order valence-corrected chi connectivity index (χ4v) is 5.24. The number of benzene rings is 3. The van der Waals surface area contributed by atoms with Crippen molar-refractivity contribution in [2.45, 2.75) is 33.4 Å². The Morgan fingerprint density at radius 3 is 2.51 bits per heavy atom. The van der Waals surface area contributed by atoms with Gasteiger partial charge in [0.15, 0.2) is 17.5 Å². The van der Waals surface area contributed by atoms with Gasteiger partial charge in [0.2, 0.25) is 0 Å². The van der Waals surface area contributed by atoms with Gasteiger partial charge < -0.3 is 24.8 Å². The van der Waals surface area contributed by atoms with Crippen LogP contribution in [0.4, 0.5) is 0 Å². The van der Waals surface area contributed by atoms with Crippen molar-refractivity contribution in [2.75, 3.05) is 13.2 Å². The van der Waals surface area contributed by atoms with Crippen LogP contribution in [0.5, 0.6) is 11.5 Å². The Hall–Kier alpha value is -4.12. The van der Waals surface area contributed by atoms with Crippen molar-refractivity contribution < 1.29 is 23.8 Å². The van der Waals surface area contributed by atoms with E-state index in [9.17, 15) is 9.59 Å². The maximum Gasteiger partial charge on any atom is 0.338 e. The van der Waals surface area contributed by atoms with Crippen molar-refractivity contribution in [2.24, 2.45) is 5.10 Å². The number of aryl methyl sites for hydroxylation is 1. The minimum Gasteiger partial charge on any atom is -0.486 e. The van der Waals surface area contributed by atoms with Crippen LogP contribution < -0.4 is 25.5 Å². The zero-order chi connectivity index (χ0) is 30.9. The number of thiocarbonyl (C=S) groups is 1. The van der Waals surface area contributed by atoms with Crippen LogP contribution >= 0.6 is 35.4 Å². The second-order valence-corrected chi connectivity index (χ2v) is 10.7. The highest BCUT2D eigenvalue weighted by Gasteiger charge is 2.32. The number of carbonyl (C=O) groups excluding carboxylic acids is 2. The van der Waals surface area contributed by atoms with E-state index >= 15 is 0 Å². The molecular formula is C31H30Cl2N4O5S. The number of carbonyl (C=O) groups is 2. The van der Waals surface area contributed by atoms with Crippen LogP contribution in [0, 0.1) is 6.92 Å². The van der Waals surface area contributed by atoms with Crippen molar-refractivity contribution in [3.05, 3.63) is 104 Å². The third-order valence-electron chi connectivity index (χ3n) is 6.24. The molecule has 1 aliphatic heterocycles. The largest absolute Gasteiger partial charge is 0.486 e. The quantitative estimate of drug-likeness (QED) is 0.105. The maximum absolute atomic E-state index is 12.7. The average molecular weight is 642 g/mol. The molecule has 0 aromatic heterocycles. The van der Waals surface area contributed by atoms with Gasteiger partial charge in [-0.1, -0.05) is 71.2 Å². The molecule has 3 N–H and O–H groups in total. The Labute approximate surface area is 265 Å². The summed E-state index contributed by atoms with van der Waals surface area (Å²) in [5, 5.41) is 11.0. The van der Waals surface area contributed by atoms with Crippen LogP contribution in [0.15, 0.2) is 77.0 Å². The zero-order valence-corrected chi connectivity index (χ0v) is 26.0. The van der Waals surface area contributed by atoms with Crippen LogP contribution in [-0.2, 0) is 20.9 Å². The van der Waals surface area contributed by atoms with Gasteiger partial charge in [-0.15, -0.1) is 0 Å². The number of amides is 1. The number of nitrogens with one attached hydrogen (secondary N) is 3. The molecule has 0 unspecified atom stereocenters. The molecule has 0 bridgehead atoms. The summed E-state index contributed by atoms with van der Waals surface area (Å²) < 4.78 is 16.9. The highest BCUT2D eigenvalue weighted by Crippen LogP contribution is 2.35. The van der Waals surface area contributed by atoms with Gasteiger partial charge >= 0.3 is 5.97 Å². The molecule has 0 saturated heterocycles. The molecule has 224 valence electrons. The summed E-state index contributed by atoms with van der Waals surface area (Å²) in [6.07, 6.45) is 1.41. The lowest BCUT2D eigenvalue weighted by Gasteiger charge is -2.30. The van der Waals surface area contributed by atoms with Gasteiger partial charge in [0.05, 0.1) is 34.5 Å². The first-order chi connectivity index (χ1) is 20.7. The normalized spacial score (nSPS) is 14.6. The minimum absolute atomic E-state index is 0.218. The van der Waals surface area contributed by atoms with Gasteiger partial charge in [-0.3, -0.25) is 4.79 Å². The predicted octanol–water partition coefficient (Wildman–Crippen LogP) is 5.77. The number of allylic oxidation sites excluding steroid dienone is 1. The van der Waals surface area contributed by atoms with E-state index in [-0.39, 0.29) is 13.2 Å². The number of hydrogen-bond acceptors (Lipinski definition) is 7. The SMILES string of the molecule is CCOC(=O)C1=C(C)NC(=S)N[C@H]1c1ccccc1OCC(=O)NN=Cc1cc(Cl)c(OCc2cccc(C)c2)c(Cl)c1. The molecule has 0 aliphatic carbocycles. The molecule has 1 atom stereocenters. The zero-order valence-electron chi connectivity index (χ0n) is 23.7. The summed E-state index contributed by atoms with van der Waals surface area (Å²) in [5.41, 5.74) is 6.65. The molecule has 4 rings (SSSR count). The third-order valence-corrected chi connectivity index (χ3v) is 7.02. The first-order valence-corrected chi connectivity index (χ1v) is 14.5. The van der Waals surface area contributed by atoms with E-state index in [1.54, 1.807) is 50.2 Å². The van der Waals surface area contributed by atoms with Crippen molar-refractivity contribution in [1.29, 1.82) is 0 Å². The average Bonchev–Trinajstić information content (AvgIpc) is 2.95. The lowest BCUT2D eigenvalue weighted by molar-refractivity contribution is -0.139. The summed E-state index contributed by atoms with van der Waals surface area (Å²) in [6.45, 7) is 5.67. The van der Waals surface area contributed by atoms with E-state index in [0.717, 1.165) is 11.1 Å². The number of halogens is 2. The molecule has 1 amide bonds. The van der Waals surface area contributed by atoms with E-state index in [2.05, 4.69) is 21.2 Å². The monoisotopic (exact) mass is 640 g/mol. The summed E-state index contributed by atoms with van der Waals surface area (Å²) >= 11 is 18.1. The summed E-state index contributed by atoms with van der Waals surface area (Å²) in [4.78, 5) is 25.3.